The Labute approximate surface area is 159 Å². The van der Waals surface area contributed by atoms with E-state index in [1.165, 1.54) is 6.26 Å². The third-order valence-corrected chi connectivity index (χ3v) is 3.71. The van der Waals surface area contributed by atoms with E-state index in [4.69, 9.17) is 13.9 Å². The van der Waals surface area contributed by atoms with Gasteiger partial charge in [0.15, 0.2) is 5.76 Å². The third-order valence-electron chi connectivity index (χ3n) is 3.71. The Morgan fingerprint density at radius 2 is 1.63 bits per heavy atom. The average Bonchev–Trinajstić information content (AvgIpc) is 3.18. The molecule has 27 heavy (non-hydrogen) atoms. The molecule has 1 heterocycles. The van der Waals surface area contributed by atoms with E-state index in [0.29, 0.717) is 42.5 Å². The van der Waals surface area contributed by atoms with Crippen molar-refractivity contribution in [2.24, 2.45) is 0 Å². The van der Waals surface area contributed by atoms with Gasteiger partial charge in [-0.05, 0) is 32.4 Å². The highest BCUT2D eigenvalue weighted by molar-refractivity contribution is 6.04. The van der Waals surface area contributed by atoms with Gasteiger partial charge < -0.3 is 24.5 Å². The number of furan rings is 1. The number of rotatable bonds is 10. The fraction of sp³-hybridized carbons (Fsp3) is 0.400. The van der Waals surface area contributed by atoms with Crippen LogP contribution in [0.5, 0.6) is 11.5 Å². The maximum Gasteiger partial charge on any atom is 0.291 e. The second kappa shape index (κ2) is 10.3. The predicted molar refractivity (Wildman–Crippen MR) is 104 cm³/mol. The summed E-state index contributed by atoms with van der Waals surface area (Å²) in [6.07, 6.45) is 3.61. The van der Waals surface area contributed by atoms with E-state index in [1.807, 2.05) is 20.8 Å². The molecule has 0 aliphatic rings. The summed E-state index contributed by atoms with van der Waals surface area (Å²) in [6, 6.07) is 6.52. The molecule has 0 aliphatic carbocycles. The topological polar surface area (TPSA) is 89.8 Å². The van der Waals surface area contributed by atoms with Crippen LogP contribution < -0.4 is 20.1 Å². The fourth-order valence-electron chi connectivity index (χ4n) is 2.45. The number of hydrogen-bond donors (Lipinski definition) is 2. The third kappa shape index (κ3) is 5.77. The van der Waals surface area contributed by atoms with E-state index in [1.54, 1.807) is 24.3 Å². The van der Waals surface area contributed by atoms with E-state index in [0.717, 1.165) is 12.8 Å². The standard InChI is InChI=1S/C20H26N2O5/c1-4-7-10-19(23)21-14-12-18(26-6-3)15(13-17(14)25-5-2)22-20(24)16-9-8-11-27-16/h8-9,11-13H,4-7,10H2,1-3H3,(H,21,23)(H,22,24). The van der Waals surface area contributed by atoms with Crippen LogP contribution in [0.4, 0.5) is 11.4 Å². The second-order valence-corrected chi connectivity index (χ2v) is 5.79. The highest BCUT2D eigenvalue weighted by atomic mass is 16.5. The van der Waals surface area contributed by atoms with Gasteiger partial charge in [0, 0.05) is 18.6 Å². The molecule has 146 valence electrons. The van der Waals surface area contributed by atoms with Crippen molar-refractivity contribution in [2.45, 2.75) is 40.0 Å². The van der Waals surface area contributed by atoms with E-state index in [-0.39, 0.29) is 11.7 Å². The number of nitrogens with one attached hydrogen (secondary N) is 2. The molecule has 1 aromatic carbocycles. The number of anilines is 2. The number of ether oxygens (including phenoxy) is 2. The summed E-state index contributed by atoms with van der Waals surface area (Å²) in [5.41, 5.74) is 0.950. The van der Waals surface area contributed by atoms with Crippen LogP contribution in [0.1, 0.15) is 50.6 Å². The molecule has 0 saturated carbocycles. The molecule has 2 rings (SSSR count). The molecule has 7 heteroatoms. The molecule has 0 saturated heterocycles. The highest BCUT2D eigenvalue weighted by Crippen LogP contribution is 2.37. The van der Waals surface area contributed by atoms with Crippen LogP contribution in [0.15, 0.2) is 34.9 Å². The van der Waals surface area contributed by atoms with Crippen LogP contribution in [-0.4, -0.2) is 25.0 Å². The van der Waals surface area contributed by atoms with Gasteiger partial charge in [-0.3, -0.25) is 9.59 Å². The van der Waals surface area contributed by atoms with Crippen molar-refractivity contribution in [1.29, 1.82) is 0 Å². The highest BCUT2D eigenvalue weighted by Gasteiger charge is 2.17. The first kappa shape index (κ1) is 20.4. The van der Waals surface area contributed by atoms with Gasteiger partial charge in [0.2, 0.25) is 5.91 Å². The molecular formula is C20H26N2O5. The van der Waals surface area contributed by atoms with Crippen molar-refractivity contribution in [1.82, 2.24) is 0 Å². The molecule has 0 radical (unpaired) electrons. The molecule has 7 nitrogen and oxygen atoms in total. The molecule has 1 aromatic heterocycles. The number of hydrogen-bond acceptors (Lipinski definition) is 5. The van der Waals surface area contributed by atoms with Crippen LogP contribution in [0.25, 0.3) is 0 Å². The van der Waals surface area contributed by atoms with Gasteiger partial charge in [-0.25, -0.2) is 0 Å². The minimum Gasteiger partial charge on any atom is -0.492 e. The molecule has 0 bridgehead atoms. The van der Waals surface area contributed by atoms with Crippen molar-refractivity contribution in [3.05, 3.63) is 36.3 Å². The lowest BCUT2D eigenvalue weighted by Gasteiger charge is -2.17. The first-order valence-corrected chi connectivity index (χ1v) is 9.17. The Morgan fingerprint density at radius 1 is 1.00 bits per heavy atom. The minimum atomic E-state index is -0.400. The lowest BCUT2D eigenvalue weighted by Crippen LogP contribution is -2.15. The Bertz CT molecular complexity index is 756. The van der Waals surface area contributed by atoms with Crippen molar-refractivity contribution in [3.8, 4) is 11.5 Å². The Hall–Kier alpha value is -2.96. The largest absolute Gasteiger partial charge is 0.492 e. The molecule has 0 spiro atoms. The van der Waals surface area contributed by atoms with Crippen LogP contribution in [0.3, 0.4) is 0 Å². The molecule has 2 amide bonds. The van der Waals surface area contributed by atoms with Crippen LogP contribution >= 0.6 is 0 Å². The van der Waals surface area contributed by atoms with Gasteiger partial charge in [-0.2, -0.15) is 0 Å². The van der Waals surface area contributed by atoms with Crippen molar-refractivity contribution in [3.63, 3.8) is 0 Å². The summed E-state index contributed by atoms with van der Waals surface area (Å²) in [5.74, 6) is 0.593. The van der Waals surface area contributed by atoms with Gasteiger partial charge in [-0.1, -0.05) is 13.3 Å². The lowest BCUT2D eigenvalue weighted by molar-refractivity contribution is -0.116. The zero-order valence-corrected chi connectivity index (χ0v) is 16.0. The normalized spacial score (nSPS) is 10.3. The zero-order chi connectivity index (χ0) is 19.6. The second-order valence-electron chi connectivity index (χ2n) is 5.79. The summed E-state index contributed by atoms with van der Waals surface area (Å²) in [4.78, 5) is 24.4. The monoisotopic (exact) mass is 374 g/mol. The lowest BCUT2D eigenvalue weighted by atomic mass is 10.2. The maximum atomic E-state index is 12.3. The van der Waals surface area contributed by atoms with Gasteiger partial charge >= 0.3 is 0 Å². The molecule has 0 atom stereocenters. The number of unbranched alkanes of at least 4 members (excludes halogenated alkanes) is 1. The van der Waals surface area contributed by atoms with E-state index >= 15 is 0 Å². The van der Waals surface area contributed by atoms with Gasteiger partial charge in [0.25, 0.3) is 5.91 Å². The van der Waals surface area contributed by atoms with E-state index < -0.39 is 5.91 Å². The van der Waals surface area contributed by atoms with Crippen LogP contribution in [0, 0.1) is 0 Å². The Balaban J connectivity index is 2.31. The van der Waals surface area contributed by atoms with Crippen LogP contribution in [0.2, 0.25) is 0 Å². The zero-order valence-electron chi connectivity index (χ0n) is 16.0. The first-order chi connectivity index (χ1) is 13.1. The number of benzene rings is 1. The average molecular weight is 374 g/mol. The first-order valence-electron chi connectivity index (χ1n) is 9.17. The summed E-state index contributed by atoms with van der Waals surface area (Å²) in [5, 5.41) is 5.62. The van der Waals surface area contributed by atoms with Gasteiger partial charge in [-0.15, -0.1) is 0 Å². The smallest absolute Gasteiger partial charge is 0.291 e. The fourth-order valence-corrected chi connectivity index (χ4v) is 2.45. The van der Waals surface area contributed by atoms with Gasteiger partial charge in [0.1, 0.15) is 11.5 Å². The summed E-state index contributed by atoms with van der Waals surface area (Å²) < 4.78 is 16.4. The Morgan fingerprint density at radius 3 is 2.15 bits per heavy atom. The molecule has 0 unspecified atom stereocenters. The van der Waals surface area contributed by atoms with E-state index in [2.05, 4.69) is 10.6 Å². The summed E-state index contributed by atoms with van der Waals surface area (Å²) in [7, 11) is 0. The molecule has 2 N–H and O–H groups in total. The Kier molecular flexibility index (Phi) is 7.73. The maximum absolute atomic E-state index is 12.3. The van der Waals surface area contributed by atoms with Crippen molar-refractivity contribution in [2.75, 3.05) is 23.8 Å². The molecule has 2 aromatic rings. The molecule has 0 aliphatic heterocycles. The quantitative estimate of drug-likeness (QED) is 0.641. The summed E-state index contributed by atoms with van der Waals surface area (Å²) in [6.45, 7) is 6.54. The number of carbonyl (C=O) groups excluding carboxylic acids is 2. The van der Waals surface area contributed by atoms with Crippen LogP contribution in [-0.2, 0) is 4.79 Å². The van der Waals surface area contributed by atoms with Crippen molar-refractivity contribution >= 4 is 23.2 Å². The SMILES string of the molecule is CCCCC(=O)Nc1cc(OCC)c(NC(=O)c2ccco2)cc1OCC. The minimum absolute atomic E-state index is 0.0902. The van der Waals surface area contributed by atoms with E-state index in [9.17, 15) is 9.59 Å². The van der Waals surface area contributed by atoms with Gasteiger partial charge in [0.05, 0.1) is 30.9 Å². The molecular weight excluding hydrogens is 348 g/mol. The van der Waals surface area contributed by atoms with Crippen molar-refractivity contribution < 1.29 is 23.5 Å². The predicted octanol–water partition coefficient (Wildman–Crippen LogP) is 4.46. The number of carbonyl (C=O) groups is 2. The number of amides is 2. The summed E-state index contributed by atoms with van der Waals surface area (Å²) >= 11 is 0. The molecule has 0 fully saturated rings.